The number of hydrogen-bond acceptors (Lipinski definition) is 6. The molecule has 0 radical (unpaired) electrons. The number of ether oxygens (including phenoxy) is 1. The lowest BCUT2D eigenvalue weighted by molar-refractivity contribution is 0.101. The maximum absolute atomic E-state index is 12.7. The SMILES string of the molecule is Cc1ccc2nc(NC(=O)c3noc(C)c3COc3ccccc3)sc2c1. The van der Waals surface area contributed by atoms with Crippen LogP contribution in [0.3, 0.4) is 0 Å². The second kappa shape index (κ2) is 7.20. The normalized spacial score (nSPS) is 10.9. The molecule has 2 aromatic heterocycles. The number of hydrogen-bond donors (Lipinski definition) is 1. The van der Waals surface area contributed by atoms with Gasteiger partial charge in [0.15, 0.2) is 10.8 Å². The van der Waals surface area contributed by atoms with Gasteiger partial charge in [0.2, 0.25) is 0 Å². The van der Waals surface area contributed by atoms with Gasteiger partial charge in [-0.2, -0.15) is 0 Å². The molecular formula is C20H17N3O3S. The summed E-state index contributed by atoms with van der Waals surface area (Å²) in [6, 6.07) is 15.4. The third kappa shape index (κ3) is 3.68. The van der Waals surface area contributed by atoms with Gasteiger partial charge in [-0.3, -0.25) is 10.1 Å². The van der Waals surface area contributed by atoms with Gasteiger partial charge in [0.25, 0.3) is 5.91 Å². The summed E-state index contributed by atoms with van der Waals surface area (Å²) in [5, 5.41) is 7.24. The highest BCUT2D eigenvalue weighted by atomic mass is 32.1. The fraction of sp³-hybridized carbons (Fsp3) is 0.150. The molecule has 0 aliphatic carbocycles. The number of anilines is 1. The minimum Gasteiger partial charge on any atom is -0.489 e. The number of rotatable bonds is 5. The lowest BCUT2D eigenvalue weighted by Gasteiger charge is -2.06. The van der Waals surface area contributed by atoms with Crippen LogP contribution in [0.5, 0.6) is 5.75 Å². The number of nitrogens with one attached hydrogen (secondary N) is 1. The molecule has 27 heavy (non-hydrogen) atoms. The summed E-state index contributed by atoms with van der Waals surface area (Å²) in [7, 11) is 0. The highest BCUT2D eigenvalue weighted by molar-refractivity contribution is 7.22. The van der Waals surface area contributed by atoms with Gasteiger partial charge < -0.3 is 9.26 Å². The van der Waals surface area contributed by atoms with Gasteiger partial charge in [0.05, 0.1) is 15.8 Å². The number of amides is 1. The van der Waals surface area contributed by atoms with Crippen molar-refractivity contribution in [2.24, 2.45) is 0 Å². The number of carbonyl (C=O) groups excluding carboxylic acids is 1. The second-order valence-corrected chi connectivity index (χ2v) is 7.14. The van der Waals surface area contributed by atoms with Crippen molar-refractivity contribution in [1.82, 2.24) is 10.1 Å². The van der Waals surface area contributed by atoms with Crippen molar-refractivity contribution in [3.05, 3.63) is 71.1 Å². The summed E-state index contributed by atoms with van der Waals surface area (Å²) in [6.45, 7) is 3.98. The molecule has 0 aliphatic heterocycles. The molecule has 7 heteroatoms. The Kier molecular flexibility index (Phi) is 4.60. The fourth-order valence-corrected chi connectivity index (χ4v) is 3.61. The molecule has 0 atom stereocenters. The summed E-state index contributed by atoms with van der Waals surface area (Å²) in [5.41, 5.74) is 2.83. The first-order valence-electron chi connectivity index (χ1n) is 8.41. The van der Waals surface area contributed by atoms with Gasteiger partial charge in [0.1, 0.15) is 18.1 Å². The number of benzene rings is 2. The van der Waals surface area contributed by atoms with Crippen LogP contribution in [0.2, 0.25) is 0 Å². The summed E-state index contributed by atoms with van der Waals surface area (Å²) in [6.07, 6.45) is 0. The van der Waals surface area contributed by atoms with Crippen molar-refractivity contribution >= 4 is 32.6 Å². The average molecular weight is 379 g/mol. The van der Waals surface area contributed by atoms with E-state index in [4.69, 9.17) is 9.26 Å². The minimum atomic E-state index is -0.366. The van der Waals surface area contributed by atoms with E-state index >= 15 is 0 Å². The zero-order chi connectivity index (χ0) is 18.8. The number of aryl methyl sites for hydroxylation is 2. The molecular weight excluding hydrogens is 362 g/mol. The summed E-state index contributed by atoms with van der Waals surface area (Å²) in [5.74, 6) is 0.899. The van der Waals surface area contributed by atoms with E-state index in [1.165, 1.54) is 11.3 Å². The Morgan fingerprint density at radius 3 is 2.81 bits per heavy atom. The highest BCUT2D eigenvalue weighted by Gasteiger charge is 2.21. The molecule has 1 amide bonds. The Hall–Kier alpha value is -3.19. The van der Waals surface area contributed by atoms with Crippen LogP contribution in [0.1, 0.15) is 27.4 Å². The van der Waals surface area contributed by atoms with E-state index in [1.54, 1.807) is 6.92 Å². The van der Waals surface area contributed by atoms with Crippen LogP contribution in [0.4, 0.5) is 5.13 Å². The van der Waals surface area contributed by atoms with E-state index in [2.05, 4.69) is 15.5 Å². The number of thiazole rings is 1. The lowest BCUT2D eigenvalue weighted by Crippen LogP contribution is -2.15. The van der Waals surface area contributed by atoms with Gasteiger partial charge in [-0.15, -0.1) is 0 Å². The van der Waals surface area contributed by atoms with Crippen LogP contribution in [0.25, 0.3) is 10.2 Å². The molecule has 1 N–H and O–H groups in total. The first-order valence-corrected chi connectivity index (χ1v) is 9.23. The number of nitrogens with zero attached hydrogens (tertiary/aromatic N) is 2. The molecule has 0 saturated heterocycles. The second-order valence-electron chi connectivity index (χ2n) is 6.11. The maximum atomic E-state index is 12.7. The summed E-state index contributed by atoms with van der Waals surface area (Å²) >= 11 is 1.42. The quantitative estimate of drug-likeness (QED) is 0.542. The molecule has 0 saturated carbocycles. The molecule has 0 fully saturated rings. The molecule has 4 aromatic rings. The molecule has 0 bridgehead atoms. The van der Waals surface area contributed by atoms with Crippen LogP contribution >= 0.6 is 11.3 Å². The third-order valence-electron chi connectivity index (χ3n) is 4.09. The largest absolute Gasteiger partial charge is 0.489 e. The van der Waals surface area contributed by atoms with Crippen LogP contribution in [0, 0.1) is 13.8 Å². The Morgan fingerprint density at radius 1 is 1.19 bits per heavy atom. The van der Waals surface area contributed by atoms with Gasteiger partial charge >= 0.3 is 0 Å². The Morgan fingerprint density at radius 2 is 2.00 bits per heavy atom. The van der Waals surface area contributed by atoms with Gasteiger partial charge in [0, 0.05) is 0 Å². The van der Waals surface area contributed by atoms with Crippen molar-refractivity contribution in [2.75, 3.05) is 5.32 Å². The van der Waals surface area contributed by atoms with Crippen molar-refractivity contribution in [3.63, 3.8) is 0 Å². The van der Waals surface area contributed by atoms with E-state index in [0.717, 1.165) is 15.8 Å². The zero-order valence-corrected chi connectivity index (χ0v) is 15.7. The van der Waals surface area contributed by atoms with Crippen LogP contribution in [-0.4, -0.2) is 16.0 Å². The highest BCUT2D eigenvalue weighted by Crippen LogP contribution is 2.27. The smallest absolute Gasteiger partial charge is 0.280 e. The van der Waals surface area contributed by atoms with Gasteiger partial charge in [-0.05, 0) is 43.7 Å². The van der Waals surface area contributed by atoms with Gasteiger partial charge in [-0.25, -0.2) is 4.98 Å². The van der Waals surface area contributed by atoms with E-state index in [1.807, 2.05) is 55.5 Å². The first kappa shape index (κ1) is 17.2. The van der Waals surface area contributed by atoms with E-state index in [0.29, 0.717) is 22.2 Å². The monoisotopic (exact) mass is 379 g/mol. The van der Waals surface area contributed by atoms with E-state index in [9.17, 15) is 4.79 Å². The van der Waals surface area contributed by atoms with Crippen molar-refractivity contribution in [2.45, 2.75) is 20.5 Å². The molecule has 0 aliphatic rings. The summed E-state index contributed by atoms with van der Waals surface area (Å²) in [4.78, 5) is 17.1. The van der Waals surface area contributed by atoms with Gasteiger partial charge in [-0.1, -0.05) is 40.8 Å². The molecule has 2 aromatic carbocycles. The maximum Gasteiger partial charge on any atom is 0.280 e. The van der Waals surface area contributed by atoms with Crippen molar-refractivity contribution in [3.8, 4) is 5.75 Å². The Labute approximate surface area is 159 Å². The predicted octanol–water partition coefficient (Wildman–Crippen LogP) is 4.73. The first-order chi connectivity index (χ1) is 13.1. The number of aromatic nitrogens is 2. The minimum absolute atomic E-state index is 0.196. The average Bonchev–Trinajstić information content (AvgIpc) is 3.23. The molecule has 2 heterocycles. The molecule has 0 spiro atoms. The zero-order valence-electron chi connectivity index (χ0n) is 14.9. The standard InChI is InChI=1S/C20H17N3O3S/c1-12-8-9-16-17(10-12)27-20(21-16)22-19(24)18-15(13(2)26-23-18)11-25-14-6-4-3-5-7-14/h3-10H,11H2,1-2H3,(H,21,22,24). The van der Waals surface area contributed by atoms with Crippen molar-refractivity contribution in [1.29, 1.82) is 0 Å². The van der Waals surface area contributed by atoms with E-state index in [-0.39, 0.29) is 18.2 Å². The van der Waals surface area contributed by atoms with Crippen molar-refractivity contribution < 1.29 is 14.1 Å². The molecule has 6 nitrogen and oxygen atoms in total. The number of para-hydroxylation sites is 1. The lowest BCUT2D eigenvalue weighted by atomic mass is 10.2. The molecule has 4 rings (SSSR count). The van der Waals surface area contributed by atoms with Crippen LogP contribution in [-0.2, 0) is 6.61 Å². The molecule has 136 valence electrons. The Bertz CT molecular complexity index is 1100. The molecule has 0 unspecified atom stereocenters. The topological polar surface area (TPSA) is 77.3 Å². The van der Waals surface area contributed by atoms with Crippen LogP contribution in [0.15, 0.2) is 53.1 Å². The fourth-order valence-electron chi connectivity index (χ4n) is 2.65. The number of fused-ring (bicyclic) bond motifs is 1. The number of carbonyl (C=O) groups is 1. The Balaban J connectivity index is 1.53. The van der Waals surface area contributed by atoms with E-state index < -0.39 is 0 Å². The summed E-state index contributed by atoms with van der Waals surface area (Å²) < 4.78 is 12.0. The van der Waals surface area contributed by atoms with Crippen LogP contribution < -0.4 is 10.1 Å². The predicted molar refractivity (Wildman–Crippen MR) is 104 cm³/mol. The third-order valence-corrected chi connectivity index (χ3v) is 5.02.